The van der Waals surface area contributed by atoms with Crippen molar-refractivity contribution in [3.05, 3.63) is 12.2 Å². The fourth-order valence-corrected chi connectivity index (χ4v) is 5.55. The van der Waals surface area contributed by atoms with Gasteiger partial charge >= 0.3 is 7.68 Å². The summed E-state index contributed by atoms with van der Waals surface area (Å²) in [6, 6.07) is 0. The smallest absolute Gasteiger partial charge is 0.314 e. The van der Waals surface area contributed by atoms with Gasteiger partial charge in [0.05, 0.1) is 21.1 Å². The van der Waals surface area contributed by atoms with Gasteiger partial charge in [0, 0.05) is 12.8 Å². The van der Waals surface area contributed by atoms with Crippen LogP contribution in [-0.2, 0) is 9.13 Å². The van der Waals surface area contributed by atoms with E-state index in [9.17, 15) is 9.13 Å². The SMILES string of the molecule is CCCCCCCCCCCC=CCCCCCCCC(CC)(P(=O)=O)[N+](C)(C)C. The normalized spacial score (nSPS) is 14.3. The van der Waals surface area contributed by atoms with E-state index in [4.69, 9.17) is 0 Å². The molecule has 0 aromatic heterocycles. The van der Waals surface area contributed by atoms with Crippen LogP contribution < -0.4 is 0 Å². The Bertz CT molecular complexity index is 486. The summed E-state index contributed by atoms with van der Waals surface area (Å²) < 4.78 is 24.4. The lowest BCUT2D eigenvalue weighted by atomic mass is 10.0. The van der Waals surface area contributed by atoms with E-state index in [1.54, 1.807) is 0 Å². The lowest BCUT2D eigenvalue weighted by Crippen LogP contribution is -2.53. The van der Waals surface area contributed by atoms with Crippen LogP contribution in [0.4, 0.5) is 0 Å². The minimum Gasteiger partial charge on any atom is -0.314 e. The first-order valence-corrected chi connectivity index (χ1v) is 14.1. The van der Waals surface area contributed by atoms with Crippen molar-refractivity contribution in [2.75, 3.05) is 21.1 Å². The lowest BCUT2D eigenvalue weighted by Gasteiger charge is -2.40. The van der Waals surface area contributed by atoms with Gasteiger partial charge in [-0.25, -0.2) is 9.13 Å². The van der Waals surface area contributed by atoms with Gasteiger partial charge in [0.25, 0.3) is 0 Å². The third kappa shape index (κ3) is 13.1. The van der Waals surface area contributed by atoms with Crippen molar-refractivity contribution in [2.24, 2.45) is 0 Å². The van der Waals surface area contributed by atoms with Crippen molar-refractivity contribution in [1.29, 1.82) is 0 Å². The van der Waals surface area contributed by atoms with E-state index < -0.39 is 13.0 Å². The third-order valence-corrected chi connectivity index (χ3v) is 8.56. The Hall–Kier alpha value is -0.400. The molecule has 0 aromatic rings. The third-order valence-electron chi connectivity index (χ3n) is 6.74. The van der Waals surface area contributed by atoms with Gasteiger partial charge in [-0.3, -0.25) is 0 Å². The van der Waals surface area contributed by atoms with Crippen LogP contribution in [0.15, 0.2) is 12.2 Å². The molecule has 0 saturated carbocycles. The molecule has 0 rings (SSSR count). The number of nitrogens with zero attached hydrogens (tertiary/aromatic N) is 1. The second-order valence-electron chi connectivity index (χ2n) is 10.0. The highest BCUT2D eigenvalue weighted by molar-refractivity contribution is 7.32. The first-order valence-electron chi connectivity index (χ1n) is 12.9. The van der Waals surface area contributed by atoms with E-state index in [2.05, 4.69) is 19.1 Å². The fourth-order valence-electron chi connectivity index (χ4n) is 4.46. The highest BCUT2D eigenvalue weighted by Crippen LogP contribution is 2.43. The molecule has 0 heterocycles. The Morgan fingerprint density at radius 3 is 1.40 bits per heavy atom. The van der Waals surface area contributed by atoms with Gasteiger partial charge < -0.3 is 4.48 Å². The average molecular weight is 443 g/mol. The molecule has 0 aliphatic heterocycles. The Balaban J connectivity index is 3.61. The Labute approximate surface area is 189 Å². The monoisotopic (exact) mass is 442 g/mol. The van der Waals surface area contributed by atoms with Crippen LogP contribution in [-0.4, -0.2) is 30.9 Å². The number of hydrogen-bond donors (Lipinski definition) is 0. The van der Waals surface area contributed by atoms with Crippen LogP contribution in [0.5, 0.6) is 0 Å². The maximum atomic E-state index is 11.9. The molecule has 178 valence electrons. The molecule has 0 spiro atoms. The molecule has 0 radical (unpaired) electrons. The second-order valence-corrected chi connectivity index (χ2v) is 11.3. The molecule has 0 aromatic carbocycles. The maximum absolute atomic E-state index is 11.9. The number of hydrogen-bond acceptors (Lipinski definition) is 2. The largest absolute Gasteiger partial charge is 0.378 e. The summed E-state index contributed by atoms with van der Waals surface area (Å²) in [6.07, 6.45) is 27.2. The van der Waals surface area contributed by atoms with Crippen LogP contribution in [0.25, 0.3) is 0 Å². The summed E-state index contributed by atoms with van der Waals surface area (Å²) >= 11 is 0. The van der Waals surface area contributed by atoms with E-state index in [0.717, 1.165) is 19.3 Å². The predicted molar refractivity (Wildman–Crippen MR) is 133 cm³/mol. The molecular formula is C26H53NO2P+. The van der Waals surface area contributed by atoms with E-state index in [-0.39, 0.29) is 0 Å². The molecule has 0 saturated heterocycles. The van der Waals surface area contributed by atoms with Gasteiger partial charge in [-0.15, -0.1) is 0 Å². The predicted octanol–water partition coefficient (Wildman–Crippen LogP) is 9.18. The average Bonchev–Trinajstić information content (AvgIpc) is 2.68. The summed E-state index contributed by atoms with van der Waals surface area (Å²) in [7, 11) is 3.61. The zero-order valence-corrected chi connectivity index (χ0v) is 22.0. The lowest BCUT2D eigenvalue weighted by molar-refractivity contribution is -0.908. The van der Waals surface area contributed by atoms with Crippen molar-refractivity contribution < 1.29 is 13.6 Å². The zero-order valence-electron chi connectivity index (χ0n) is 21.1. The summed E-state index contributed by atoms with van der Waals surface area (Å²) in [5, 5.41) is -0.604. The first-order chi connectivity index (χ1) is 14.3. The molecule has 1 atom stereocenters. The summed E-state index contributed by atoms with van der Waals surface area (Å²) in [4.78, 5) is 0. The van der Waals surface area contributed by atoms with Crippen LogP contribution >= 0.6 is 7.68 Å². The minimum absolute atomic E-state index is 0.506. The Morgan fingerprint density at radius 2 is 1.03 bits per heavy atom. The van der Waals surface area contributed by atoms with Crippen molar-refractivity contribution in [2.45, 2.75) is 135 Å². The summed E-state index contributed by atoms with van der Waals surface area (Å²) in [5.41, 5.74) is 0. The summed E-state index contributed by atoms with van der Waals surface area (Å²) in [6.45, 7) is 4.29. The number of rotatable bonds is 21. The van der Waals surface area contributed by atoms with Gasteiger partial charge in [-0.05, 0) is 32.1 Å². The molecule has 0 aliphatic rings. The van der Waals surface area contributed by atoms with Gasteiger partial charge in [0.1, 0.15) is 0 Å². The van der Waals surface area contributed by atoms with Crippen molar-refractivity contribution in [3.8, 4) is 0 Å². The molecule has 3 nitrogen and oxygen atoms in total. The van der Waals surface area contributed by atoms with Crippen LogP contribution in [0.2, 0.25) is 0 Å². The van der Waals surface area contributed by atoms with Gasteiger partial charge in [-0.2, -0.15) is 0 Å². The highest BCUT2D eigenvalue weighted by Gasteiger charge is 2.46. The molecule has 4 heteroatoms. The number of allylic oxidation sites excluding steroid dienone is 2. The first kappa shape index (κ1) is 29.6. The second kappa shape index (κ2) is 18.2. The van der Waals surface area contributed by atoms with Gasteiger partial charge in [0.2, 0.25) is 5.28 Å². The molecule has 30 heavy (non-hydrogen) atoms. The van der Waals surface area contributed by atoms with Crippen LogP contribution in [0.3, 0.4) is 0 Å². The van der Waals surface area contributed by atoms with Gasteiger partial charge in [0.15, 0.2) is 0 Å². The summed E-state index contributed by atoms with van der Waals surface area (Å²) in [5.74, 6) is 0. The zero-order chi connectivity index (χ0) is 22.7. The topological polar surface area (TPSA) is 34.1 Å². The van der Waals surface area contributed by atoms with E-state index in [0.29, 0.717) is 10.9 Å². The van der Waals surface area contributed by atoms with Crippen LogP contribution in [0, 0.1) is 0 Å². The van der Waals surface area contributed by atoms with Crippen LogP contribution in [0.1, 0.15) is 129 Å². The van der Waals surface area contributed by atoms with Crippen molar-refractivity contribution in [1.82, 2.24) is 0 Å². The Kier molecular flexibility index (Phi) is 18.0. The molecule has 0 bridgehead atoms. The number of unbranched alkanes of at least 4 members (excludes halogenated alkanes) is 14. The Morgan fingerprint density at radius 1 is 0.633 bits per heavy atom. The van der Waals surface area contributed by atoms with Crippen molar-refractivity contribution in [3.63, 3.8) is 0 Å². The van der Waals surface area contributed by atoms with Gasteiger partial charge in [-0.1, -0.05) is 96.6 Å². The molecule has 0 fully saturated rings. The fraction of sp³-hybridized carbons (Fsp3) is 0.923. The van der Waals surface area contributed by atoms with Crippen molar-refractivity contribution >= 4 is 7.68 Å². The number of quaternary nitrogens is 1. The van der Waals surface area contributed by atoms with E-state index in [1.807, 2.05) is 28.1 Å². The quantitative estimate of drug-likeness (QED) is 0.0768. The standard InChI is InChI=1S/C26H53NO2P/c1-6-8-9-10-11-12-13-14-15-16-17-18-19-20-21-22-23-24-25-26(7-2,30(28)29)27(3,4)5/h17-18H,6-16,19-25H2,1-5H3/q+1. The molecule has 1 unspecified atom stereocenters. The maximum Gasteiger partial charge on any atom is 0.378 e. The minimum atomic E-state index is -2.42. The van der Waals surface area contributed by atoms with E-state index in [1.165, 1.54) is 89.9 Å². The molecule has 0 amide bonds. The molecule has 0 aliphatic carbocycles. The highest BCUT2D eigenvalue weighted by atomic mass is 31.1. The van der Waals surface area contributed by atoms with E-state index >= 15 is 0 Å². The molecule has 0 N–H and O–H groups in total. The molecular weight excluding hydrogens is 389 g/mol.